The smallest absolute Gasteiger partial charge is 0.373 e. The average molecular weight is 334 g/mol. The van der Waals surface area contributed by atoms with Gasteiger partial charge in [-0.05, 0) is 24.1 Å². The van der Waals surface area contributed by atoms with Crippen molar-refractivity contribution in [1.29, 1.82) is 0 Å². The van der Waals surface area contributed by atoms with Crippen LogP contribution in [-0.4, -0.2) is 30.7 Å². The van der Waals surface area contributed by atoms with Gasteiger partial charge in [0.1, 0.15) is 0 Å². The van der Waals surface area contributed by atoms with E-state index in [0.29, 0.717) is 22.5 Å². The van der Waals surface area contributed by atoms with Crippen LogP contribution in [0, 0.1) is 0 Å². The second-order valence-electron chi connectivity index (χ2n) is 3.83. The third kappa shape index (κ3) is 6.03. The highest BCUT2D eigenvalue weighted by Gasteiger charge is 2.09. The standard InChI is InChI=1S/C13H13Cl2NO5/c1-20-13(19)11(17)7-12(18)16-21-5-4-8-2-3-9(14)10(15)6-8/h2-3,6-7,17H,4-5H2,1H3,(H,16,18). The Labute approximate surface area is 131 Å². The summed E-state index contributed by atoms with van der Waals surface area (Å²) in [6.07, 6.45) is 1.15. The Morgan fingerprint density at radius 3 is 2.67 bits per heavy atom. The van der Waals surface area contributed by atoms with Crippen LogP contribution in [0.3, 0.4) is 0 Å². The molecule has 0 aliphatic carbocycles. The van der Waals surface area contributed by atoms with Gasteiger partial charge in [-0.1, -0.05) is 29.3 Å². The molecule has 1 amide bonds. The number of benzene rings is 1. The van der Waals surface area contributed by atoms with Crippen molar-refractivity contribution in [1.82, 2.24) is 5.48 Å². The van der Waals surface area contributed by atoms with Gasteiger partial charge in [-0.3, -0.25) is 9.63 Å². The predicted octanol–water partition coefficient (Wildman–Crippen LogP) is 2.20. The molecule has 114 valence electrons. The maximum absolute atomic E-state index is 11.3. The maximum Gasteiger partial charge on any atom is 0.373 e. The number of rotatable bonds is 6. The van der Waals surface area contributed by atoms with Gasteiger partial charge in [-0.2, -0.15) is 0 Å². The number of hydrogen-bond acceptors (Lipinski definition) is 5. The van der Waals surface area contributed by atoms with Gasteiger partial charge in [-0.25, -0.2) is 10.3 Å². The lowest BCUT2D eigenvalue weighted by Crippen LogP contribution is -2.24. The number of aliphatic hydroxyl groups excluding tert-OH is 1. The van der Waals surface area contributed by atoms with E-state index in [2.05, 4.69) is 4.74 Å². The lowest BCUT2D eigenvalue weighted by atomic mass is 10.2. The Morgan fingerprint density at radius 1 is 1.33 bits per heavy atom. The molecule has 0 heterocycles. The molecular weight excluding hydrogens is 321 g/mol. The van der Waals surface area contributed by atoms with Crippen molar-refractivity contribution in [2.24, 2.45) is 0 Å². The van der Waals surface area contributed by atoms with Crippen molar-refractivity contribution >= 4 is 35.1 Å². The number of hydroxylamine groups is 1. The normalized spacial score (nSPS) is 11.1. The molecule has 21 heavy (non-hydrogen) atoms. The van der Waals surface area contributed by atoms with Gasteiger partial charge >= 0.3 is 5.97 Å². The number of carbonyl (C=O) groups is 2. The summed E-state index contributed by atoms with van der Waals surface area (Å²) in [5, 5.41) is 10.0. The van der Waals surface area contributed by atoms with Crippen LogP contribution < -0.4 is 5.48 Å². The number of aliphatic hydroxyl groups is 1. The summed E-state index contributed by atoms with van der Waals surface area (Å²) in [6.45, 7) is 0.177. The van der Waals surface area contributed by atoms with Crippen LogP contribution in [0.25, 0.3) is 0 Å². The van der Waals surface area contributed by atoms with E-state index < -0.39 is 17.6 Å². The van der Waals surface area contributed by atoms with Crippen LogP contribution in [0.5, 0.6) is 0 Å². The second kappa shape index (κ2) is 8.51. The molecule has 0 aliphatic heterocycles. The van der Waals surface area contributed by atoms with Crippen LogP contribution >= 0.6 is 23.2 Å². The first-order valence-electron chi connectivity index (χ1n) is 5.78. The van der Waals surface area contributed by atoms with Gasteiger partial charge in [0.2, 0.25) is 5.76 Å². The zero-order chi connectivity index (χ0) is 15.8. The maximum atomic E-state index is 11.3. The minimum Gasteiger partial charge on any atom is -0.502 e. The summed E-state index contributed by atoms with van der Waals surface area (Å²) >= 11 is 11.6. The summed E-state index contributed by atoms with van der Waals surface area (Å²) in [7, 11) is 1.08. The van der Waals surface area contributed by atoms with Gasteiger partial charge in [-0.15, -0.1) is 0 Å². The third-order valence-electron chi connectivity index (χ3n) is 2.31. The summed E-state index contributed by atoms with van der Waals surface area (Å²) in [6, 6.07) is 5.13. The molecule has 0 spiro atoms. The molecule has 0 aliphatic rings. The minimum absolute atomic E-state index is 0.177. The highest BCUT2D eigenvalue weighted by atomic mass is 35.5. The quantitative estimate of drug-likeness (QED) is 0.274. The van der Waals surface area contributed by atoms with Crippen molar-refractivity contribution in [3.8, 4) is 0 Å². The molecule has 0 radical (unpaired) electrons. The summed E-state index contributed by atoms with van der Waals surface area (Å²) in [5.41, 5.74) is 2.93. The van der Waals surface area contributed by atoms with Crippen LogP contribution in [0.2, 0.25) is 10.0 Å². The number of amides is 1. The Bertz CT molecular complexity index is 559. The van der Waals surface area contributed by atoms with Crippen LogP contribution in [0.15, 0.2) is 30.0 Å². The molecule has 0 saturated heterocycles. The molecule has 1 rings (SSSR count). The average Bonchev–Trinajstić information content (AvgIpc) is 2.46. The van der Waals surface area contributed by atoms with E-state index in [1.165, 1.54) is 0 Å². The first-order valence-corrected chi connectivity index (χ1v) is 6.54. The highest BCUT2D eigenvalue weighted by molar-refractivity contribution is 6.42. The molecule has 0 bridgehead atoms. The van der Waals surface area contributed by atoms with E-state index in [0.717, 1.165) is 12.7 Å². The molecule has 0 saturated carbocycles. The van der Waals surface area contributed by atoms with Crippen molar-refractivity contribution in [3.05, 3.63) is 45.6 Å². The molecule has 0 atom stereocenters. The van der Waals surface area contributed by atoms with Gasteiger partial charge in [0.25, 0.3) is 5.91 Å². The summed E-state index contributed by atoms with van der Waals surface area (Å²) < 4.78 is 4.22. The lowest BCUT2D eigenvalue weighted by molar-refractivity contribution is -0.139. The fourth-order valence-corrected chi connectivity index (χ4v) is 1.62. The first-order chi connectivity index (χ1) is 9.93. The van der Waals surface area contributed by atoms with Crippen molar-refractivity contribution < 1.29 is 24.3 Å². The minimum atomic E-state index is -1.01. The Kier molecular flexibility index (Phi) is 7.01. The molecule has 0 aromatic heterocycles. The fourth-order valence-electron chi connectivity index (χ4n) is 1.30. The van der Waals surface area contributed by atoms with E-state index in [4.69, 9.17) is 33.1 Å². The van der Waals surface area contributed by atoms with Crippen LogP contribution in [-0.2, 0) is 25.6 Å². The Balaban J connectivity index is 2.35. The zero-order valence-electron chi connectivity index (χ0n) is 11.1. The predicted molar refractivity (Wildman–Crippen MR) is 77.0 cm³/mol. The summed E-state index contributed by atoms with van der Waals surface area (Å²) in [5.74, 6) is -2.61. The van der Waals surface area contributed by atoms with E-state index in [1.54, 1.807) is 18.2 Å². The van der Waals surface area contributed by atoms with Crippen LogP contribution in [0.1, 0.15) is 5.56 Å². The highest BCUT2D eigenvalue weighted by Crippen LogP contribution is 2.22. The monoisotopic (exact) mass is 333 g/mol. The van der Waals surface area contributed by atoms with E-state index >= 15 is 0 Å². The van der Waals surface area contributed by atoms with Gasteiger partial charge < -0.3 is 9.84 Å². The summed E-state index contributed by atoms with van der Waals surface area (Å²) in [4.78, 5) is 27.0. The molecule has 2 N–H and O–H groups in total. The van der Waals surface area contributed by atoms with Gasteiger partial charge in [0.15, 0.2) is 0 Å². The Hall–Kier alpha value is -1.76. The van der Waals surface area contributed by atoms with Crippen molar-refractivity contribution in [3.63, 3.8) is 0 Å². The fraction of sp³-hybridized carbons (Fsp3) is 0.231. The number of esters is 1. The topological polar surface area (TPSA) is 84.9 Å². The third-order valence-corrected chi connectivity index (χ3v) is 3.05. The number of ether oxygens (including phenoxy) is 1. The Morgan fingerprint density at radius 2 is 2.05 bits per heavy atom. The molecule has 6 nitrogen and oxygen atoms in total. The largest absolute Gasteiger partial charge is 0.502 e. The number of halogens is 2. The number of methoxy groups -OCH3 is 1. The van der Waals surface area contributed by atoms with Crippen molar-refractivity contribution in [2.75, 3.05) is 13.7 Å². The molecule has 1 aromatic rings. The molecule has 8 heteroatoms. The number of nitrogens with one attached hydrogen (secondary N) is 1. The van der Waals surface area contributed by atoms with E-state index in [-0.39, 0.29) is 6.61 Å². The SMILES string of the molecule is COC(=O)C(O)=CC(=O)NOCCc1ccc(Cl)c(Cl)c1. The van der Waals surface area contributed by atoms with Gasteiger partial charge in [0.05, 0.1) is 29.8 Å². The number of hydrogen-bond donors (Lipinski definition) is 2. The molecule has 1 aromatic carbocycles. The molecular formula is C13H13Cl2NO5. The van der Waals surface area contributed by atoms with E-state index in [1.807, 2.05) is 5.48 Å². The zero-order valence-corrected chi connectivity index (χ0v) is 12.6. The lowest BCUT2D eigenvalue weighted by Gasteiger charge is -2.05. The molecule has 0 unspecified atom stereocenters. The van der Waals surface area contributed by atoms with Crippen molar-refractivity contribution in [2.45, 2.75) is 6.42 Å². The number of carbonyl (C=O) groups excluding carboxylic acids is 2. The second-order valence-corrected chi connectivity index (χ2v) is 4.65. The van der Waals surface area contributed by atoms with E-state index in [9.17, 15) is 9.59 Å². The van der Waals surface area contributed by atoms with Gasteiger partial charge in [0, 0.05) is 0 Å². The first kappa shape index (κ1) is 17.3. The molecule has 0 fully saturated rings. The van der Waals surface area contributed by atoms with Crippen LogP contribution in [0.4, 0.5) is 0 Å².